The monoisotopic (exact) mass is 326 g/mol. The Balaban J connectivity index is 1.77. The van der Waals surface area contributed by atoms with E-state index in [0.29, 0.717) is 23.3 Å². The summed E-state index contributed by atoms with van der Waals surface area (Å²) in [6.07, 6.45) is 3.17. The number of hydrogen-bond acceptors (Lipinski definition) is 4. The number of nitrogens with one attached hydrogen (secondary N) is 2. The van der Waals surface area contributed by atoms with Crippen molar-refractivity contribution in [1.29, 1.82) is 0 Å². The van der Waals surface area contributed by atoms with Gasteiger partial charge in [0.1, 0.15) is 11.6 Å². The topological polar surface area (TPSA) is 66.9 Å². The van der Waals surface area contributed by atoms with Crippen molar-refractivity contribution in [2.24, 2.45) is 0 Å². The highest BCUT2D eigenvalue weighted by Crippen LogP contribution is 2.18. The summed E-state index contributed by atoms with van der Waals surface area (Å²) < 4.78 is 26.5. The molecule has 0 atom stereocenters. The quantitative estimate of drug-likeness (QED) is 0.766. The van der Waals surface area contributed by atoms with Crippen molar-refractivity contribution in [2.75, 3.05) is 10.6 Å². The van der Waals surface area contributed by atoms with Gasteiger partial charge in [-0.1, -0.05) is 6.07 Å². The molecule has 1 heterocycles. The van der Waals surface area contributed by atoms with Crippen LogP contribution < -0.4 is 10.6 Å². The number of anilines is 3. The Morgan fingerprint density at radius 1 is 0.958 bits per heavy atom. The van der Waals surface area contributed by atoms with E-state index in [2.05, 4.69) is 20.6 Å². The highest BCUT2D eigenvalue weighted by atomic mass is 19.1. The van der Waals surface area contributed by atoms with Crippen LogP contribution in [0.25, 0.3) is 0 Å². The molecular weight excluding hydrogens is 314 g/mol. The van der Waals surface area contributed by atoms with Gasteiger partial charge in [0.15, 0.2) is 0 Å². The second-order valence-electron chi connectivity index (χ2n) is 4.86. The van der Waals surface area contributed by atoms with Crippen molar-refractivity contribution in [3.8, 4) is 0 Å². The van der Waals surface area contributed by atoms with E-state index < -0.39 is 17.5 Å². The summed E-state index contributed by atoms with van der Waals surface area (Å²) in [5, 5.41) is 5.36. The van der Waals surface area contributed by atoms with Crippen molar-refractivity contribution in [2.45, 2.75) is 0 Å². The minimum absolute atomic E-state index is 0.0915. The van der Waals surface area contributed by atoms with Crippen LogP contribution in [0, 0.1) is 11.6 Å². The predicted molar refractivity (Wildman–Crippen MR) is 86.1 cm³/mol. The summed E-state index contributed by atoms with van der Waals surface area (Å²) in [6, 6.07) is 11.2. The summed E-state index contributed by atoms with van der Waals surface area (Å²) in [7, 11) is 0. The molecule has 0 spiro atoms. The van der Waals surface area contributed by atoms with Crippen molar-refractivity contribution in [1.82, 2.24) is 9.97 Å². The Morgan fingerprint density at radius 2 is 1.75 bits per heavy atom. The van der Waals surface area contributed by atoms with E-state index in [1.54, 1.807) is 42.7 Å². The molecule has 2 aromatic carbocycles. The van der Waals surface area contributed by atoms with Gasteiger partial charge < -0.3 is 10.6 Å². The lowest BCUT2D eigenvalue weighted by Gasteiger charge is -2.09. The van der Waals surface area contributed by atoms with Crippen molar-refractivity contribution >= 4 is 23.2 Å². The average Bonchev–Trinajstić information content (AvgIpc) is 2.58. The second-order valence-corrected chi connectivity index (χ2v) is 4.86. The summed E-state index contributed by atoms with van der Waals surface area (Å²) in [5.41, 5.74) is 0.819. The van der Waals surface area contributed by atoms with E-state index in [1.165, 1.54) is 6.07 Å². The minimum Gasteiger partial charge on any atom is -0.324 e. The van der Waals surface area contributed by atoms with E-state index in [1.807, 2.05) is 0 Å². The molecule has 0 aliphatic rings. The number of rotatable bonds is 4. The average molecular weight is 326 g/mol. The van der Waals surface area contributed by atoms with Gasteiger partial charge in [-0.15, -0.1) is 0 Å². The Kier molecular flexibility index (Phi) is 4.42. The number of benzene rings is 2. The minimum atomic E-state index is -0.838. The highest BCUT2D eigenvalue weighted by molar-refractivity contribution is 6.04. The first-order chi connectivity index (χ1) is 11.6. The van der Waals surface area contributed by atoms with Gasteiger partial charge in [0.25, 0.3) is 5.91 Å². The number of hydrogen-bond donors (Lipinski definition) is 2. The molecule has 7 heteroatoms. The lowest BCUT2D eigenvalue weighted by atomic mass is 10.2. The number of nitrogens with zero attached hydrogens (tertiary/aromatic N) is 2. The zero-order valence-corrected chi connectivity index (χ0v) is 12.3. The van der Waals surface area contributed by atoms with E-state index in [9.17, 15) is 13.6 Å². The van der Waals surface area contributed by atoms with Crippen LogP contribution in [0.5, 0.6) is 0 Å². The SMILES string of the molecule is O=C(Nc1ccc(F)cc1F)c1cccc(Nc2ncccn2)c1. The maximum atomic E-state index is 13.6. The first-order valence-electron chi connectivity index (χ1n) is 7.02. The van der Waals surface area contributed by atoms with Gasteiger partial charge in [-0.05, 0) is 36.4 Å². The molecule has 120 valence electrons. The number of aromatic nitrogens is 2. The molecule has 1 amide bonds. The Morgan fingerprint density at radius 3 is 2.50 bits per heavy atom. The first-order valence-corrected chi connectivity index (χ1v) is 7.02. The van der Waals surface area contributed by atoms with Gasteiger partial charge >= 0.3 is 0 Å². The zero-order valence-electron chi connectivity index (χ0n) is 12.3. The zero-order chi connectivity index (χ0) is 16.9. The van der Waals surface area contributed by atoms with Crippen LogP contribution in [0.3, 0.4) is 0 Å². The predicted octanol–water partition coefficient (Wildman–Crippen LogP) is 3.75. The van der Waals surface area contributed by atoms with Crippen LogP contribution in [-0.2, 0) is 0 Å². The van der Waals surface area contributed by atoms with Crippen LogP contribution in [0.4, 0.5) is 26.1 Å². The third-order valence-corrected chi connectivity index (χ3v) is 3.13. The number of amides is 1. The number of halogens is 2. The standard InChI is InChI=1S/C17H12F2N4O/c18-12-5-6-15(14(19)10-12)23-16(24)11-3-1-4-13(9-11)22-17-20-7-2-8-21-17/h1-10H,(H,23,24)(H,20,21,22). The fraction of sp³-hybridized carbons (Fsp3) is 0. The fourth-order valence-electron chi connectivity index (χ4n) is 2.02. The Labute approximate surface area is 136 Å². The maximum absolute atomic E-state index is 13.6. The normalized spacial score (nSPS) is 10.2. The summed E-state index contributed by atoms with van der Waals surface area (Å²) in [4.78, 5) is 20.3. The van der Waals surface area contributed by atoms with Crippen LogP contribution in [0.2, 0.25) is 0 Å². The molecule has 0 aliphatic carbocycles. The Bertz CT molecular complexity index is 871. The summed E-state index contributed by atoms with van der Waals surface area (Å²) >= 11 is 0. The van der Waals surface area contributed by atoms with Gasteiger partial charge in [-0.2, -0.15) is 0 Å². The van der Waals surface area contributed by atoms with Gasteiger partial charge in [0.05, 0.1) is 5.69 Å². The van der Waals surface area contributed by atoms with E-state index >= 15 is 0 Å². The molecule has 0 saturated heterocycles. The smallest absolute Gasteiger partial charge is 0.255 e. The lowest BCUT2D eigenvalue weighted by Crippen LogP contribution is -2.13. The van der Waals surface area contributed by atoms with Crippen LogP contribution in [0.15, 0.2) is 60.9 Å². The van der Waals surface area contributed by atoms with Crippen LogP contribution >= 0.6 is 0 Å². The largest absolute Gasteiger partial charge is 0.324 e. The fourth-order valence-corrected chi connectivity index (χ4v) is 2.02. The van der Waals surface area contributed by atoms with E-state index in [4.69, 9.17) is 0 Å². The highest BCUT2D eigenvalue weighted by Gasteiger charge is 2.11. The number of carbonyl (C=O) groups excluding carboxylic acids is 1. The van der Waals surface area contributed by atoms with Crippen molar-refractivity contribution in [3.63, 3.8) is 0 Å². The van der Waals surface area contributed by atoms with Gasteiger partial charge in [-0.3, -0.25) is 4.79 Å². The third kappa shape index (κ3) is 3.70. The van der Waals surface area contributed by atoms with Crippen molar-refractivity contribution in [3.05, 3.63) is 78.1 Å². The number of carbonyl (C=O) groups is 1. The van der Waals surface area contributed by atoms with E-state index in [-0.39, 0.29) is 5.69 Å². The summed E-state index contributed by atoms with van der Waals surface area (Å²) in [5.74, 6) is -1.67. The second kappa shape index (κ2) is 6.82. The van der Waals surface area contributed by atoms with Gasteiger partial charge in [-0.25, -0.2) is 18.7 Å². The van der Waals surface area contributed by atoms with E-state index in [0.717, 1.165) is 6.07 Å². The Hall–Kier alpha value is -3.35. The molecule has 5 nitrogen and oxygen atoms in total. The van der Waals surface area contributed by atoms with Gasteiger partial charge in [0.2, 0.25) is 5.95 Å². The molecule has 24 heavy (non-hydrogen) atoms. The molecule has 1 aromatic heterocycles. The summed E-state index contributed by atoms with van der Waals surface area (Å²) in [6.45, 7) is 0. The molecule has 0 bridgehead atoms. The van der Waals surface area contributed by atoms with Crippen molar-refractivity contribution < 1.29 is 13.6 Å². The molecule has 2 N–H and O–H groups in total. The lowest BCUT2D eigenvalue weighted by molar-refractivity contribution is 0.102. The molecule has 0 saturated carbocycles. The first kappa shape index (κ1) is 15.5. The molecule has 0 unspecified atom stereocenters. The van der Waals surface area contributed by atoms with Crippen LogP contribution in [-0.4, -0.2) is 15.9 Å². The molecule has 3 rings (SSSR count). The molecule has 3 aromatic rings. The third-order valence-electron chi connectivity index (χ3n) is 3.13. The molecule has 0 aliphatic heterocycles. The molecule has 0 fully saturated rings. The maximum Gasteiger partial charge on any atom is 0.255 e. The molecule has 0 radical (unpaired) electrons. The van der Waals surface area contributed by atoms with Gasteiger partial charge in [0, 0.05) is 29.7 Å². The van der Waals surface area contributed by atoms with Crippen LogP contribution in [0.1, 0.15) is 10.4 Å². The molecular formula is C17H12F2N4O.